The summed E-state index contributed by atoms with van der Waals surface area (Å²) in [5, 5.41) is 4.84. The van der Waals surface area contributed by atoms with Gasteiger partial charge < -0.3 is 10.1 Å². The second-order valence-electron chi connectivity index (χ2n) is 8.20. The van der Waals surface area contributed by atoms with E-state index in [1.54, 1.807) is 18.2 Å². The van der Waals surface area contributed by atoms with E-state index in [0.717, 1.165) is 17.2 Å². The number of benzene rings is 4. The van der Waals surface area contributed by atoms with Crippen LogP contribution in [0.5, 0.6) is 5.75 Å². The quantitative estimate of drug-likeness (QED) is 0.331. The van der Waals surface area contributed by atoms with Crippen molar-refractivity contribution in [1.29, 1.82) is 0 Å². The summed E-state index contributed by atoms with van der Waals surface area (Å²) in [6.07, 6.45) is 0.866. The summed E-state index contributed by atoms with van der Waals surface area (Å²) in [5.74, 6) is -0.722. The number of nitrogens with one attached hydrogen (secondary N) is 1. The minimum absolute atomic E-state index is 0.127. The van der Waals surface area contributed by atoms with Crippen molar-refractivity contribution in [3.63, 3.8) is 0 Å². The van der Waals surface area contributed by atoms with Gasteiger partial charge in [0.2, 0.25) is 0 Å². The lowest BCUT2D eigenvalue weighted by Gasteiger charge is -2.18. The molecular weight excluding hydrogens is 443 g/mol. The molecule has 5 rings (SSSR count). The van der Waals surface area contributed by atoms with Crippen LogP contribution in [0.15, 0.2) is 96.7 Å². The summed E-state index contributed by atoms with van der Waals surface area (Å²) in [6, 6.07) is 25.9. The number of ether oxygens (including phenoxy) is 1. The Labute approximate surface area is 202 Å². The molecule has 0 saturated carbocycles. The van der Waals surface area contributed by atoms with Crippen molar-refractivity contribution in [2.45, 2.75) is 13.3 Å². The van der Waals surface area contributed by atoms with Gasteiger partial charge in [0.25, 0.3) is 11.8 Å². The van der Waals surface area contributed by atoms with Crippen molar-refractivity contribution in [3.8, 4) is 5.75 Å². The fraction of sp³-hybridized carbons (Fsp3) is 0.103. The molecule has 0 saturated heterocycles. The van der Waals surface area contributed by atoms with Crippen LogP contribution in [0, 0.1) is 5.82 Å². The van der Waals surface area contributed by atoms with Gasteiger partial charge in [0.05, 0.1) is 17.9 Å². The molecule has 0 atom stereocenters. The smallest absolute Gasteiger partial charge is 0.282 e. The zero-order valence-corrected chi connectivity index (χ0v) is 19.1. The summed E-state index contributed by atoms with van der Waals surface area (Å²) in [5.41, 5.74) is 1.86. The average molecular weight is 467 g/mol. The van der Waals surface area contributed by atoms with Crippen molar-refractivity contribution in [3.05, 3.63) is 108 Å². The minimum atomic E-state index is -0.481. The van der Waals surface area contributed by atoms with Crippen LogP contribution >= 0.6 is 0 Å². The fourth-order valence-electron chi connectivity index (χ4n) is 4.18. The highest BCUT2D eigenvalue weighted by atomic mass is 19.1. The molecule has 4 aromatic carbocycles. The van der Waals surface area contributed by atoms with E-state index < -0.39 is 17.6 Å². The Morgan fingerprint density at radius 3 is 2.40 bits per heavy atom. The van der Waals surface area contributed by atoms with E-state index in [9.17, 15) is 14.0 Å². The molecule has 1 heterocycles. The third kappa shape index (κ3) is 4.26. The van der Waals surface area contributed by atoms with E-state index in [1.165, 1.54) is 29.2 Å². The standard InChI is InChI=1S/C29H23FN2O3/c1-2-17-35-23-10-6-9-22(18-23)31-27-26(20-13-15-21(30)16-14-20)28(33)32(29(27)34)25-12-5-8-19-7-3-4-11-24(19)25/h3-16,18,31H,2,17H2,1H3. The third-order valence-electron chi connectivity index (χ3n) is 5.80. The van der Waals surface area contributed by atoms with Crippen LogP contribution in [0.1, 0.15) is 18.9 Å². The first-order chi connectivity index (χ1) is 17.1. The summed E-state index contributed by atoms with van der Waals surface area (Å²) in [7, 11) is 0. The fourth-order valence-corrected chi connectivity index (χ4v) is 4.18. The highest BCUT2D eigenvalue weighted by molar-refractivity contribution is 6.47. The monoisotopic (exact) mass is 466 g/mol. The maximum absolute atomic E-state index is 13.8. The van der Waals surface area contributed by atoms with Crippen molar-refractivity contribution >= 4 is 39.5 Å². The van der Waals surface area contributed by atoms with Crippen molar-refractivity contribution in [2.75, 3.05) is 16.8 Å². The molecule has 174 valence electrons. The summed E-state index contributed by atoms with van der Waals surface area (Å²) in [4.78, 5) is 28.7. The number of hydrogen-bond donors (Lipinski definition) is 1. The number of carbonyl (C=O) groups excluding carboxylic acids is 2. The van der Waals surface area contributed by atoms with Crippen molar-refractivity contribution in [1.82, 2.24) is 0 Å². The molecular formula is C29H23FN2O3. The van der Waals surface area contributed by atoms with E-state index in [0.29, 0.717) is 29.3 Å². The second kappa shape index (κ2) is 9.43. The van der Waals surface area contributed by atoms with E-state index in [-0.39, 0.29) is 11.3 Å². The van der Waals surface area contributed by atoms with Gasteiger partial charge >= 0.3 is 0 Å². The number of carbonyl (C=O) groups is 2. The van der Waals surface area contributed by atoms with Gasteiger partial charge in [-0.15, -0.1) is 0 Å². The number of imide groups is 1. The zero-order chi connectivity index (χ0) is 24.4. The molecule has 4 aromatic rings. The molecule has 0 radical (unpaired) electrons. The van der Waals surface area contributed by atoms with E-state index in [1.807, 2.05) is 55.5 Å². The number of halogens is 1. The van der Waals surface area contributed by atoms with Gasteiger partial charge in [-0.1, -0.05) is 61.5 Å². The summed E-state index contributed by atoms with van der Waals surface area (Å²) in [6.45, 7) is 2.59. The van der Waals surface area contributed by atoms with Crippen LogP contribution in [0.2, 0.25) is 0 Å². The molecule has 35 heavy (non-hydrogen) atoms. The van der Waals surface area contributed by atoms with Gasteiger partial charge in [-0.05, 0) is 47.7 Å². The van der Waals surface area contributed by atoms with E-state index in [4.69, 9.17) is 4.74 Å². The lowest BCUT2D eigenvalue weighted by Crippen LogP contribution is -2.32. The highest BCUT2D eigenvalue weighted by Crippen LogP contribution is 2.37. The molecule has 1 aliphatic heterocycles. The van der Waals surface area contributed by atoms with E-state index >= 15 is 0 Å². The Morgan fingerprint density at radius 2 is 1.60 bits per heavy atom. The number of amides is 2. The normalized spacial score (nSPS) is 13.6. The van der Waals surface area contributed by atoms with Gasteiger partial charge in [-0.2, -0.15) is 0 Å². The lowest BCUT2D eigenvalue weighted by molar-refractivity contribution is -0.120. The van der Waals surface area contributed by atoms with Gasteiger partial charge in [0.15, 0.2) is 0 Å². The number of fused-ring (bicyclic) bond motifs is 1. The molecule has 0 unspecified atom stereocenters. The van der Waals surface area contributed by atoms with Crippen molar-refractivity contribution in [2.24, 2.45) is 0 Å². The number of rotatable bonds is 7. The second-order valence-corrected chi connectivity index (χ2v) is 8.20. The Kier molecular flexibility index (Phi) is 6.02. The summed E-state index contributed by atoms with van der Waals surface area (Å²) < 4.78 is 19.4. The lowest BCUT2D eigenvalue weighted by atomic mass is 10.0. The maximum Gasteiger partial charge on any atom is 0.282 e. The molecule has 6 heteroatoms. The average Bonchev–Trinajstić information content (AvgIpc) is 3.12. The molecule has 2 amide bonds. The Bertz CT molecular complexity index is 1460. The molecule has 0 fully saturated rings. The van der Waals surface area contributed by atoms with Gasteiger partial charge in [0.1, 0.15) is 17.3 Å². The Balaban J connectivity index is 1.60. The predicted octanol–water partition coefficient (Wildman–Crippen LogP) is 6.16. The molecule has 0 bridgehead atoms. The van der Waals surface area contributed by atoms with Crippen molar-refractivity contribution < 1.29 is 18.7 Å². The molecule has 5 nitrogen and oxygen atoms in total. The first-order valence-corrected chi connectivity index (χ1v) is 11.4. The van der Waals surface area contributed by atoms with Crippen LogP contribution in [0.3, 0.4) is 0 Å². The molecule has 0 spiro atoms. The minimum Gasteiger partial charge on any atom is -0.494 e. The van der Waals surface area contributed by atoms with Gasteiger partial charge in [-0.25, -0.2) is 9.29 Å². The first kappa shape index (κ1) is 22.3. The van der Waals surface area contributed by atoms with Gasteiger partial charge in [0, 0.05) is 17.1 Å². The molecule has 1 N–H and O–H groups in total. The predicted molar refractivity (Wildman–Crippen MR) is 136 cm³/mol. The SMILES string of the molecule is CCCOc1cccc(NC2=C(c3ccc(F)cc3)C(=O)N(c3cccc4ccccc34)C2=O)c1. The van der Waals surface area contributed by atoms with E-state index in [2.05, 4.69) is 5.32 Å². The molecule has 1 aliphatic rings. The van der Waals surface area contributed by atoms with Crippen LogP contribution < -0.4 is 15.0 Å². The first-order valence-electron chi connectivity index (χ1n) is 11.4. The Hall–Kier alpha value is -4.45. The van der Waals surface area contributed by atoms with Crippen LogP contribution in [0.25, 0.3) is 16.3 Å². The van der Waals surface area contributed by atoms with Crippen LogP contribution in [-0.2, 0) is 9.59 Å². The summed E-state index contributed by atoms with van der Waals surface area (Å²) >= 11 is 0. The Morgan fingerprint density at radius 1 is 0.857 bits per heavy atom. The molecule has 0 aliphatic carbocycles. The number of nitrogens with zero attached hydrogens (tertiary/aromatic N) is 1. The van der Waals surface area contributed by atoms with Gasteiger partial charge in [-0.3, -0.25) is 9.59 Å². The number of anilines is 2. The third-order valence-corrected chi connectivity index (χ3v) is 5.80. The maximum atomic E-state index is 13.8. The zero-order valence-electron chi connectivity index (χ0n) is 19.1. The topological polar surface area (TPSA) is 58.6 Å². The molecule has 0 aromatic heterocycles. The van der Waals surface area contributed by atoms with Crippen LogP contribution in [-0.4, -0.2) is 18.4 Å². The van der Waals surface area contributed by atoms with Crippen LogP contribution in [0.4, 0.5) is 15.8 Å². The largest absolute Gasteiger partial charge is 0.494 e. The number of hydrogen-bond acceptors (Lipinski definition) is 4. The highest BCUT2D eigenvalue weighted by Gasteiger charge is 2.40.